The van der Waals surface area contributed by atoms with E-state index in [1.54, 1.807) is 12.1 Å². The van der Waals surface area contributed by atoms with Gasteiger partial charge in [-0.1, -0.05) is 24.3 Å². The molecule has 9 heteroatoms. The van der Waals surface area contributed by atoms with Gasteiger partial charge in [0.1, 0.15) is 25.1 Å². The number of hydrogen-bond donors (Lipinski definition) is 2. The van der Waals surface area contributed by atoms with Crippen molar-refractivity contribution in [3.05, 3.63) is 71.3 Å². The number of aryl methyl sites for hydroxylation is 1. The summed E-state index contributed by atoms with van der Waals surface area (Å²) in [4.78, 5) is 27.7. The van der Waals surface area contributed by atoms with Gasteiger partial charge in [0.15, 0.2) is 17.3 Å². The Hall–Kier alpha value is -3.56. The van der Waals surface area contributed by atoms with Gasteiger partial charge in [0.25, 0.3) is 5.91 Å². The number of nitrogens with zero attached hydrogens (tertiary/aromatic N) is 1. The van der Waals surface area contributed by atoms with E-state index in [1.165, 1.54) is 24.3 Å². The molecule has 7 nitrogen and oxygen atoms in total. The zero-order valence-electron chi connectivity index (χ0n) is 20.9. The number of carbonyl (C=O) groups excluding carboxylic acids is 2. The number of aliphatic hydroxyl groups is 1. The Morgan fingerprint density at radius 1 is 0.974 bits per heavy atom. The largest absolute Gasteiger partial charge is 0.486 e. The molecule has 2 heterocycles. The second kappa shape index (κ2) is 11.4. The highest BCUT2D eigenvalue weighted by molar-refractivity contribution is 6.36. The van der Waals surface area contributed by atoms with E-state index >= 15 is 0 Å². The van der Waals surface area contributed by atoms with Crippen molar-refractivity contribution in [1.82, 2.24) is 10.2 Å². The lowest BCUT2D eigenvalue weighted by Gasteiger charge is -2.29. The first kappa shape index (κ1) is 26.1. The number of aliphatic hydroxyl groups excluding tert-OH is 1. The number of ether oxygens (including phenoxy) is 2. The number of Topliss-reactive ketones (excluding diaryl/α,β-unsaturated/α-hetero) is 1. The van der Waals surface area contributed by atoms with E-state index in [0.717, 1.165) is 42.3 Å². The van der Waals surface area contributed by atoms with Gasteiger partial charge < -0.3 is 24.8 Å². The van der Waals surface area contributed by atoms with Crippen LogP contribution in [0.4, 0.5) is 8.78 Å². The van der Waals surface area contributed by atoms with Crippen LogP contribution in [-0.4, -0.2) is 60.6 Å². The van der Waals surface area contributed by atoms with Crippen LogP contribution < -0.4 is 14.8 Å². The second-order valence-corrected chi connectivity index (χ2v) is 9.81. The van der Waals surface area contributed by atoms with E-state index in [1.807, 2.05) is 12.1 Å². The first-order chi connectivity index (χ1) is 18.4. The zero-order chi connectivity index (χ0) is 26.6. The molecule has 3 aromatic carbocycles. The molecule has 0 spiro atoms. The van der Waals surface area contributed by atoms with Crippen LogP contribution >= 0.6 is 0 Å². The van der Waals surface area contributed by atoms with Gasteiger partial charge in [0.05, 0.1) is 6.04 Å². The molecule has 2 aliphatic heterocycles. The Morgan fingerprint density at radius 3 is 2.53 bits per heavy atom. The molecule has 2 N–H and O–H groups in total. The summed E-state index contributed by atoms with van der Waals surface area (Å²) in [5.74, 6) is -2.18. The molecule has 38 heavy (non-hydrogen) atoms. The number of ketones is 1. The summed E-state index contributed by atoms with van der Waals surface area (Å²) < 4.78 is 38.9. The van der Waals surface area contributed by atoms with Gasteiger partial charge in [-0.2, -0.15) is 0 Å². The van der Waals surface area contributed by atoms with E-state index in [2.05, 4.69) is 10.2 Å². The van der Waals surface area contributed by atoms with Crippen LogP contribution in [0.15, 0.2) is 48.5 Å². The molecule has 2 atom stereocenters. The van der Waals surface area contributed by atoms with Crippen LogP contribution in [0.3, 0.4) is 0 Å². The van der Waals surface area contributed by atoms with Crippen molar-refractivity contribution in [2.75, 3.05) is 32.8 Å². The zero-order valence-corrected chi connectivity index (χ0v) is 20.9. The number of benzene rings is 3. The monoisotopic (exact) mass is 524 g/mol. The van der Waals surface area contributed by atoms with Crippen molar-refractivity contribution in [2.24, 2.45) is 0 Å². The lowest BCUT2D eigenvalue weighted by molar-refractivity contribution is -0.139. The summed E-state index contributed by atoms with van der Waals surface area (Å²) in [6, 6.07) is 11.8. The second-order valence-electron chi connectivity index (χ2n) is 9.81. The number of nitrogens with one attached hydrogen (secondary N) is 1. The number of carbonyl (C=O) groups is 2. The Bertz CT molecular complexity index is 1340. The fourth-order valence-corrected chi connectivity index (χ4v) is 5.04. The maximum Gasteiger partial charge on any atom is 0.287 e. The van der Waals surface area contributed by atoms with Gasteiger partial charge in [-0.15, -0.1) is 0 Å². The normalized spacial score (nSPS) is 16.8. The topological polar surface area (TPSA) is 88.1 Å². The first-order valence-corrected chi connectivity index (χ1v) is 12.9. The molecular weight excluding hydrogens is 494 g/mol. The van der Waals surface area contributed by atoms with Gasteiger partial charge in [-0.25, -0.2) is 8.78 Å². The summed E-state index contributed by atoms with van der Waals surface area (Å²) in [6.45, 7) is 2.45. The van der Waals surface area contributed by atoms with Crippen molar-refractivity contribution >= 4 is 22.5 Å². The molecule has 2 aliphatic rings. The van der Waals surface area contributed by atoms with E-state index in [4.69, 9.17) is 9.47 Å². The number of fused-ring (bicyclic) bond motifs is 2. The summed E-state index contributed by atoms with van der Waals surface area (Å²) >= 11 is 0. The van der Waals surface area contributed by atoms with Gasteiger partial charge in [0.2, 0.25) is 5.78 Å². The molecule has 0 radical (unpaired) electrons. The number of rotatable bonds is 9. The Morgan fingerprint density at radius 2 is 1.71 bits per heavy atom. The van der Waals surface area contributed by atoms with E-state index in [-0.39, 0.29) is 42.5 Å². The Labute approximate surface area is 219 Å². The number of likely N-dealkylation sites (tertiary alicyclic amines) is 1. The lowest BCUT2D eigenvalue weighted by Crippen LogP contribution is -2.48. The third-order valence-corrected chi connectivity index (χ3v) is 7.07. The van der Waals surface area contributed by atoms with Crippen molar-refractivity contribution < 1.29 is 33.0 Å². The molecule has 3 aromatic rings. The quantitative estimate of drug-likeness (QED) is 0.415. The highest BCUT2D eigenvalue weighted by atomic mass is 19.1. The molecule has 200 valence electrons. The third kappa shape index (κ3) is 5.95. The number of halogens is 2. The van der Waals surface area contributed by atoms with Crippen LogP contribution in [0, 0.1) is 11.6 Å². The average molecular weight is 525 g/mol. The van der Waals surface area contributed by atoms with Crippen LogP contribution in [-0.2, 0) is 16.0 Å². The number of amides is 1. The van der Waals surface area contributed by atoms with Gasteiger partial charge in [-0.3, -0.25) is 9.59 Å². The smallest absolute Gasteiger partial charge is 0.287 e. The van der Waals surface area contributed by atoms with Crippen LogP contribution in [0.5, 0.6) is 11.5 Å². The molecule has 0 aromatic heterocycles. The van der Waals surface area contributed by atoms with Gasteiger partial charge >= 0.3 is 0 Å². The summed E-state index contributed by atoms with van der Waals surface area (Å²) in [6.07, 6.45) is 1.06. The molecule has 2 unspecified atom stereocenters. The summed E-state index contributed by atoms with van der Waals surface area (Å²) in [5, 5.41) is 15.5. The molecule has 0 aliphatic carbocycles. The minimum absolute atomic E-state index is 0.00123. The van der Waals surface area contributed by atoms with Gasteiger partial charge in [-0.05, 0) is 78.5 Å². The lowest BCUT2D eigenvalue weighted by atomic mass is 9.99. The molecule has 0 bridgehead atoms. The van der Waals surface area contributed by atoms with E-state index < -0.39 is 29.7 Å². The van der Waals surface area contributed by atoms with Crippen molar-refractivity contribution in [3.63, 3.8) is 0 Å². The van der Waals surface area contributed by atoms with E-state index in [0.29, 0.717) is 13.0 Å². The molecule has 5 rings (SSSR count). The predicted molar refractivity (Wildman–Crippen MR) is 137 cm³/mol. The Balaban J connectivity index is 1.27. The fraction of sp³-hybridized carbons (Fsp3) is 0.379. The molecule has 1 saturated heterocycles. The number of hydrogen-bond acceptors (Lipinski definition) is 6. The van der Waals surface area contributed by atoms with Crippen LogP contribution in [0.2, 0.25) is 0 Å². The van der Waals surface area contributed by atoms with Crippen LogP contribution in [0.1, 0.15) is 36.5 Å². The first-order valence-electron chi connectivity index (χ1n) is 12.9. The molecule has 1 fully saturated rings. The highest BCUT2D eigenvalue weighted by Crippen LogP contribution is 2.36. The predicted octanol–water partition coefficient (Wildman–Crippen LogP) is 3.71. The van der Waals surface area contributed by atoms with Crippen molar-refractivity contribution in [2.45, 2.75) is 37.8 Å². The standard InChI is InChI=1S/C29H30F2N2O5/c30-22-7-6-19-13-18(3-5-20(19)14-22)4-8-25(34)29(36)32-24(17-33-9-1-2-10-33)27(35)21-15-23(31)28-26(16-21)37-11-12-38-28/h3,5-7,13-16,24,27,35H,1-2,4,8-12,17H2,(H,32,36). The molecule has 0 saturated carbocycles. The third-order valence-electron chi connectivity index (χ3n) is 7.07. The maximum absolute atomic E-state index is 14.6. The SMILES string of the molecule is O=C(CCc1ccc2cc(F)ccc2c1)C(=O)NC(CN1CCCC1)C(O)c1cc(F)c2c(c1)OCCO2. The molecular formula is C29H30F2N2O5. The molecule has 1 amide bonds. The van der Waals surface area contributed by atoms with Crippen LogP contribution in [0.25, 0.3) is 10.8 Å². The van der Waals surface area contributed by atoms with Crippen molar-refractivity contribution in [3.8, 4) is 11.5 Å². The Kier molecular flexibility index (Phi) is 7.85. The fourth-order valence-electron chi connectivity index (χ4n) is 5.04. The van der Waals surface area contributed by atoms with Crippen molar-refractivity contribution in [1.29, 1.82) is 0 Å². The van der Waals surface area contributed by atoms with E-state index in [9.17, 15) is 23.5 Å². The average Bonchev–Trinajstić information content (AvgIpc) is 3.44. The highest BCUT2D eigenvalue weighted by Gasteiger charge is 2.30. The maximum atomic E-state index is 14.6. The minimum Gasteiger partial charge on any atom is -0.486 e. The van der Waals surface area contributed by atoms with Gasteiger partial charge in [0, 0.05) is 13.0 Å². The summed E-state index contributed by atoms with van der Waals surface area (Å²) in [5.41, 5.74) is 1.09. The minimum atomic E-state index is -1.27. The summed E-state index contributed by atoms with van der Waals surface area (Å²) in [7, 11) is 0.